The van der Waals surface area contributed by atoms with Crippen molar-refractivity contribution in [3.8, 4) is 17.1 Å². The molecule has 1 aliphatic rings. The van der Waals surface area contributed by atoms with Crippen molar-refractivity contribution in [3.05, 3.63) is 52.2 Å². The van der Waals surface area contributed by atoms with Crippen LogP contribution in [0.15, 0.2) is 35.4 Å². The summed E-state index contributed by atoms with van der Waals surface area (Å²) in [5.41, 5.74) is 3.02. The second-order valence-electron chi connectivity index (χ2n) is 8.87. The number of ether oxygens (including phenoxy) is 1. The molecule has 0 aromatic carbocycles. The van der Waals surface area contributed by atoms with E-state index in [0.717, 1.165) is 48.0 Å². The average molecular weight is 464 g/mol. The lowest BCUT2D eigenvalue weighted by molar-refractivity contribution is 0.340. The van der Waals surface area contributed by atoms with Crippen molar-refractivity contribution in [2.75, 3.05) is 48.9 Å². The predicted molar refractivity (Wildman–Crippen MR) is 136 cm³/mol. The Morgan fingerprint density at radius 3 is 2.74 bits per heavy atom. The highest BCUT2D eigenvalue weighted by Gasteiger charge is 2.26. The Hall–Kier alpha value is -3.62. The van der Waals surface area contributed by atoms with Crippen LogP contribution in [0, 0.1) is 13.8 Å². The van der Waals surface area contributed by atoms with Gasteiger partial charge in [0.1, 0.15) is 28.9 Å². The van der Waals surface area contributed by atoms with E-state index < -0.39 is 0 Å². The fraction of sp³-hybridized carbons (Fsp3) is 0.440. The largest absolute Gasteiger partial charge is 0.494 e. The highest BCUT2D eigenvalue weighted by molar-refractivity contribution is 5.64. The summed E-state index contributed by atoms with van der Waals surface area (Å²) in [4.78, 5) is 31.3. The second kappa shape index (κ2) is 9.70. The lowest BCUT2D eigenvalue weighted by Crippen LogP contribution is -2.32. The van der Waals surface area contributed by atoms with Crippen LogP contribution in [0.5, 0.6) is 5.75 Å². The molecule has 4 rings (SSSR count). The van der Waals surface area contributed by atoms with Crippen molar-refractivity contribution >= 4 is 17.3 Å². The van der Waals surface area contributed by atoms with E-state index in [1.807, 2.05) is 58.0 Å². The molecule has 34 heavy (non-hydrogen) atoms. The average Bonchev–Trinajstić information content (AvgIpc) is 3.28. The van der Waals surface area contributed by atoms with Crippen molar-refractivity contribution < 1.29 is 4.74 Å². The van der Waals surface area contributed by atoms with Crippen molar-refractivity contribution in [1.29, 1.82) is 0 Å². The summed E-state index contributed by atoms with van der Waals surface area (Å²) in [6.45, 7) is 8.09. The maximum absolute atomic E-state index is 13.3. The molecule has 9 heteroatoms. The van der Waals surface area contributed by atoms with Gasteiger partial charge in [0.2, 0.25) is 0 Å². The first-order valence-corrected chi connectivity index (χ1v) is 11.6. The molecule has 1 saturated heterocycles. The van der Waals surface area contributed by atoms with E-state index >= 15 is 0 Å². The van der Waals surface area contributed by atoms with Crippen molar-refractivity contribution in [2.24, 2.45) is 7.05 Å². The molecule has 1 atom stereocenters. The first-order chi connectivity index (χ1) is 16.3. The predicted octanol–water partition coefficient (Wildman–Crippen LogP) is 3.01. The summed E-state index contributed by atoms with van der Waals surface area (Å²) in [5.74, 6) is 3.19. The van der Waals surface area contributed by atoms with Crippen molar-refractivity contribution in [2.45, 2.75) is 33.2 Å². The molecule has 1 fully saturated rings. The Bertz CT molecular complexity index is 1240. The van der Waals surface area contributed by atoms with Crippen LogP contribution in [0.25, 0.3) is 11.4 Å². The molecule has 180 valence electrons. The van der Waals surface area contributed by atoms with Gasteiger partial charge in [0.05, 0.1) is 12.3 Å². The van der Waals surface area contributed by atoms with Gasteiger partial charge >= 0.3 is 0 Å². The van der Waals surface area contributed by atoms with Crippen LogP contribution in [0.1, 0.15) is 24.6 Å². The first-order valence-electron chi connectivity index (χ1n) is 11.6. The lowest BCUT2D eigenvalue weighted by atomic mass is 10.1. The number of anilines is 3. The third kappa shape index (κ3) is 4.69. The summed E-state index contributed by atoms with van der Waals surface area (Å²) in [6.07, 6.45) is 4.46. The fourth-order valence-electron chi connectivity index (χ4n) is 4.25. The maximum Gasteiger partial charge on any atom is 0.277 e. The number of aryl methyl sites for hydroxylation is 2. The van der Waals surface area contributed by atoms with E-state index in [-0.39, 0.29) is 11.6 Å². The van der Waals surface area contributed by atoms with E-state index in [9.17, 15) is 4.79 Å². The van der Waals surface area contributed by atoms with E-state index in [2.05, 4.69) is 20.2 Å². The normalized spacial score (nSPS) is 15.5. The van der Waals surface area contributed by atoms with Crippen LogP contribution in [0.3, 0.4) is 0 Å². The van der Waals surface area contributed by atoms with Gasteiger partial charge in [-0.15, -0.1) is 0 Å². The summed E-state index contributed by atoms with van der Waals surface area (Å²) < 4.78 is 7.21. The Labute approximate surface area is 200 Å². The van der Waals surface area contributed by atoms with Gasteiger partial charge < -0.3 is 19.9 Å². The van der Waals surface area contributed by atoms with E-state index in [1.54, 1.807) is 24.0 Å². The molecule has 0 spiro atoms. The van der Waals surface area contributed by atoms with Gasteiger partial charge in [0, 0.05) is 64.3 Å². The van der Waals surface area contributed by atoms with Gasteiger partial charge in [0.25, 0.3) is 5.56 Å². The molecular weight excluding hydrogens is 430 g/mol. The fourth-order valence-corrected chi connectivity index (χ4v) is 4.25. The van der Waals surface area contributed by atoms with Gasteiger partial charge in [-0.1, -0.05) is 0 Å². The number of hydrogen-bond acceptors (Lipinski definition) is 8. The van der Waals surface area contributed by atoms with Gasteiger partial charge in [-0.05, 0) is 44.9 Å². The van der Waals surface area contributed by atoms with Gasteiger partial charge in [0.15, 0.2) is 0 Å². The van der Waals surface area contributed by atoms with Crippen LogP contribution in [0.4, 0.5) is 17.3 Å². The zero-order chi connectivity index (χ0) is 24.4. The summed E-state index contributed by atoms with van der Waals surface area (Å²) >= 11 is 0. The van der Waals surface area contributed by atoms with Crippen LogP contribution >= 0.6 is 0 Å². The van der Waals surface area contributed by atoms with E-state index in [4.69, 9.17) is 9.72 Å². The molecule has 3 aromatic heterocycles. The molecule has 3 aromatic rings. The standard InChI is InChI=1S/C25H33N7O2/c1-7-34-19-8-10-26-22(13-19)32-11-9-18(15-32)29-23-17(3)28-24(31(6)25(23)33)20-14-27-21(30(4)5)12-16(20)2/h8,10,12-14,18,29H,7,9,11,15H2,1-6H3. The Morgan fingerprint density at radius 1 is 1.24 bits per heavy atom. The number of nitrogens with one attached hydrogen (secondary N) is 1. The molecule has 0 aliphatic carbocycles. The van der Waals surface area contributed by atoms with E-state index in [0.29, 0.717) is 23.8 Å². The van der Waals surface area contributed by atoms with Crippen molar-refractivity contribution in [3.63, 3.8) is 0 Å². The zero-order valence-electron chi connectivity index (χ0n) is 20.8. The molecule has 0 bridgehead atoms. The topological polar surface area (TPSA) is 88.4 Å². The molecule has 0 saturated carbocycles. The third-order valence-electron chi connectivity index (χ3n) is 6.16. The minimum absolute atomic E-state index is 0.0893. The monoisotopic (exact) mass is 463 g/mol. The Morgan fingerprint density at radius 2 is 2.03 bits per heavy atom. The van der Waals surface area contributed by atoms with Crippen LogP contribution in [-0.4, -0.2) is 59.4 Å². The first kappa shape index (κ1) is 23.5. The second-order valence-corrected chi connectivity index (χ2v) is 8.87. The summed E-state index contributed by atoms with van der Waals surface area (Å²) in [7, 11) is 5.67. The van der Waals surface area contributed by atoms with Crippen LogP contribution < -0.4 is 25.4 Å². The third-order valence-corrected chi connectivity index (χ3v) is 6.16. The molecule has 9 nitrogen and oxygen atoms in total. The number of hydrogen-bond donors (Lipinski definition) is 1. The van der Waals surface area contributed by atoms with Gasteiger partial charge in [-0.2, -0.15) is 0 Å². The number of rotatable bonds is 7. The van der Waals surface area contributed by atoms with Crippen LogP contribution in [0.2, 0.25) is 0 Å². The minimum Gasteiger partial charge on any atom is -0.494 e. The number of pyridine rings is 2. The smallest absolute Gasteiger partial charge is 0.277 e. The number of aromatic nitrogens is 4. The van der Waals surface area contributed by atoms with Crippen LogP contribution in [-0.2, 0) is 7.05 Å². The maximum atomic E-state index is 13.3. The molecular formula is C25H33N7O2. The molecule has 0 amide bonds. The molecule has 1 aliphatic heterocycles. The summed E-state index contributed by atoms with van der Waals surface area (Å²) in [5, 5.41) is 3.46. The van der Waals surface area contributed by atoms with E-state index in [1.165, 1.54) is 0 Å². The molecule has 1 unspecified atom stereocenters. The van der Waals surface area contributed by atoms with Gasteiger partial charge in [-0.25, -0.2) is 15.0 Å². The highest BCUT2D eigenvalue weighted by atomic mass is 16.5. The quantitative estimate of drug-likeness (QED) is 0.572. The minimum atomic E-state index is -0.0893. The highest BCUT2D eigenvalue weighted by Crippen LogP contribution is 2.26. The molecule has 4 heterocycles. The van der Waals surface area contributed by atoms with Gasteiger partial charge in [-0.3, -0.25) is 9.36 Å². The summed E-state index contributed by atoms with van der Waals surface area (Å²) in [6, 6.07) is 5.96. The van der Waals surface area contributed by atoms with Crippen molar-refractivity contribution in [1.82, 2.24) is 19.5 Å². The Balaban J connectivity index is 1.55. The number of nitrogens with zero attached hydrogens (tertiary/aromatic N) is 6. The lowest BCUT2D eigenvalue weighted by Gasteiger charge is -2.20. The molecule has 1 N–H and O–H groups in total. The molecule has 0 radical (unpaired) electrons. The Kier molecular flexibility index (Phi) is 6.72. The SMILES string of the molecule is CCOc1ccnc(N2CCC(Nc3c(C)nc(-c4cnc(N(C)C)cc4C)n(C)c3=O)C2)c1. The zero-order valence-corrected chi connectivity index (χ0v) is 20.8.